The number of hydrogen-bond donors (Lipinski definition) is 5. The standard InChI is InChI=1S/C25H51N9O2/c1-20(26)31-12-6-8-21(27)23(35)10-2-4-14-33-16-18-34(19-17-33)15-5-3-11-24(36)22(28)9-7-13-32-25(29)30/h21-22H,2-19,27-28H2,1H3,(H2,26,31)(H4,29,30,32). The lowest BCUT2D eigenvalue weighted by atomic mass is 10.0. The molecule has 1 heterocycles. The Labute approximate surface area is 217 Å². The molecular weight excluding hydrogens is 458 g/mol. The largest absolute Gasteiger partial charge is 0.388 e. The third kappa shape index (κ3) is 15.8. The normalized spacial score (nSPS) is 17.0. The van der Waals surface area contributed by atoms with E-state index >= 15 is 0 Å². The van der Waals surface area contributed by atoms with Gasteiger partial charge in [-0.15, -0.1) is 0 Å². The molecule has 0 radical (unpaired) electrons. The van der Waals surface area contributed by atoms with Crippen LogP contribution in [0.5, 0.6) is 0 Å². The van der Waals surface area contributed by atoms with Crippen LogP contribution in [0.1, 0.15) is 71.1 Å². The molecule has 11 heteroatoms. The van der Waals surface area contributed by atoms with Crippen molar-refractivity contribution in [1.29, 1.82) is 0 Å². The summed E-state index contributed by atoms with van der Waals surface area (Å²) >= 11 is 0. The van der Waals surface area contributed by atoms with Gasteiger partial charge >= 0.3 is 0 Å². The van der Waals surface area contributed by atoms with Crippen LogP contribution in [-0.4, -0.2) is 97.6 Å². The van der Waals surface area contributed by atoms with Crippen molar-refractivity contribution in [3.8, 4) is 0 Å². The number of Topliss-reactive ketones (excluding diaryl/α,β-unsaturated/α-hetero) is 2. The average Bonchev–Trinajstić information content (AvgIpc) is 2.84. The second kappa shape index (κ2) is 19.1. The highest BCUT2D eigenvalue weighted by molar-refractivity contribution is 5.84. The summed E-state index contributed by atoms with van der Waals surface area (Å²) in [5, 5.41) is 0. The molecule has 0 saturated carbocycles. The van der Waals surface area contributed by atoms with Crippen molar-refractivity contribution in [2.75, 3.05) is 52.4 Å². The van der Waals surface area contributed by atoms with Crippen molar-refractivity contribution in [1.82, 2.24) is 9.80 Å². The van der Waals surface area contributed by atoms with E-state index in [9.17, 15) is 9.59 Å². The van der Waals surface area contributed by atoms with Gasteiger partial charge in [-0.2, -0.15) is 0 Å². The van der Waals surface area contributed by atoms with E-state index in [4.69, 9.17) is 28.7 Å². The number of rotatable bonds is 20. The molecule has 10 N–H and O–H groups in total. The second-order valence-corrected chi connectivity index (χ2v) is 9.86. The molecule has 11 nitrogen and oxygen atoms in total. The van der Waals surface area contributed by atoms with Crippen LogP contribution in [0, 0.1) is 0 Å². The van der Waals surface area contributed by atoms with Crippen LogP contribution in [0.2, 0.25) is 0 Å². The van der Waals surface area contributed by atoms with Crippen molar-refractivity contribution in [2.24, 2.45) is 38.7 Å². The summed E-state index contributed by atoms with van der Waals surface area (Å²) in [6.07, 6.45) is 7.65. The summed E-state index contributed by atoms with van der Waals surface area (Å²) in [5.74, 6) is 0.912. The fourth-order valence-corrected chi connectivity index (χ4v) is 4.28. The van der Waals surface area contributed by atoms with Crippen molar-refractivity contribution in [3.05, 3.63) is 0 Å². The van der Waals surface area contributed by atoms with E-state index in [0.29, 0.717) is 51.0 Å². The van der Waals surface area contributed by atoms with Gasteiger partial charge in [-0.25, -0.2) is 0 Å². The number of ketones is 2. The Bertz CT molecular complexity index is 625. The van der Waals surface area contributed by atoms with Crippen LogP contribution in [-0.2, 0) is 9.59 Å². The summed E-state index contributed by atoms with van der Waals surface area (Å²) in [5.41, 5.74) is 28.1. The molecule has 2 atom stereocenters. The SMILES string of the molecule is CC(N)=NCCCC(N)C(=O)CCCCN1CCN(CCCCC(=O)C(N)CCCN=C(N)N)CC1. The molecule has 0 amide bonds. The van der Waals surface area contributed by atoms with Gasteiger partial charge in [0, 0.05) is 52.1 Å². The van der Waals surface area contributed by atoms with E-state index in [2.05, 4.69) is 19.8 Å². The number of amidine groups is 1. The molecule has 1 aliphatic rings. The fourth-order valence-electron chi connectivity index (χ4n) is 4.28. The zero-order chi connectivity index (χ0) is 26.8. The summed E-state index contributed by atoms with van der Waals surface area (Å²) in [6, 6.07) is -0.807. The van der Waals surface area contributed by atoms with Gasteiger partial charge in [0.15, 0.2) is 5.96 Å². The van der Waals surface area contributed by atoms with Crippen LogP contribution in [0.15, 0.2) is 9.98 Å². The molecular formula is C25H51N9O2. The van der Waals surface area contributed by atoms with Gasteiger partial charge in [-0.1, -0.05) is 0 Å². The molecule has 208 valence electrons. The number of carbonyl (C=O) groups is 2. The Morgan fingerprint density at radius 2 is 1.11 bits per heavy atom. The number of unbranched alkanes of at least 4 members (excludes halogenated alkanes) is 2. The fraction of sp³-hybridized carbons (Fsp3) is 0.840. The molecule has 0 aliphatic carbocycles. The Kier molecular flexibility index (Phi) is 16.9. The number of aliphatic imine (C=N–C) groups is 2. The summed E-state index contributed by atoms with van der Waals surface area (Å²) in [7, 11) is 0. The van der Waals surface area contributed by atoms with Crippen LogP contribution < -0.4 is 28.7 Å². The van der Waals surface area contributed by atoms with Gasteiger partial charge in [0.05, 0.1) is 17.9 Å². The van der Waals surface area contributed by atoms with E-state index in [0.717, 1.165) is 71.4 Å². The van der Waals surface area contributed by atoms with Gasteiger partial charge in [0.1, 0.15) is 11.6 Å². The number of piperazine rings is 1. The molecule has 1 saturated heterocycles. The lowest BCUT2D eigenvalue weighted by molar-refractivity contribution is -0.121. The molecule has 0 bridgehead atoms. The van der Waals surface area contributed by atoms with Crippen molar-refractivity contribution in [2.45, 2.75) is 83.2 Å². The second-order valence-electron chi connectivity index (χ2n) is 9.86. The van der Waals surface area contributed by atoms with Gasteiger partial charge < -0.3 is 38.5 Å². The number of nitrogens with two attached hydrogens (primary N) is 5. The van der Waals surface area contributed by atoms with Crippen LogP contribution in [0.25, 0.3) is 0 Å². The number of hydrogen-bond acceptors (Lipinski definition) is 8. The topological polar surface area (TPSA) is 195 Å². The van der Waals surface area contributed by atoms with E-state index in [1.165, 1.54) is 0 Å². The average molecular weight is 510 g/mol. The minimum Gasteiger partial charge on any atom is -0.388 e. The molecule has 0 aromatic heterocycles. The van der Waals surface area contributed by atoms with Crippen molar-refractivity contribution >= 4 is 23.4 Å². The first-order valence-corrected chi connectivity index (χ1v) is 13.5. The maximum atomic E-state index is 12.2. The van der Waals surface area contributed by atoms with Crippen LogP contribution in [0.4, 0.5) is 0 Å². The zero-order valence-electron chi connectivity index (χ0n) is 22.4. The summed E-state index contributed by atoms with van der Waals surface area (Å²) in [4.78, 5) is 37.4. The number of carbonyl (C=O) groups excluding carboxylic acids is 2. The minimum absolute atomic E-state index is 0.0694. The molecule has 1 aliphatic heterocycles. The van der Waals surface area contributed by atoms with Gasteiger partial charge in [0.2, 0.25) is 0 Å². The highest BCUT2D eigenvalue weighted by atomic mass is 16.1. The quantitative estimate of drug-likeness (QED) is 0.0848. The maximum absolute atomic E-state index is 12.2. The molecule has 1 fully saturated rings. The van der Waals surface area contributed by atoms with Crippen LogP contribution in [0.3, 0.4) is 0 Å². The Morgan fingerprint density at radius 1 is 0.694 bits per heavy atom. The van der Waals surface area contributed by atoms with E-state index < -0.39 is 6.04 Å². The molecule has 2 unspecified atom stereocenters. The monoisotopic (exact) mass is 509 g/mol. The van der Waals surface area contributed by atoms with Crippen molar-refractivity contribution < 1.29 is 9.59 Å². The highest BCUT2D eigenvalue weighted by Gasteiger charge is 2.18. The molecule has 0 spiro atoms. The summed E-state index contributed by atoms with van der Waals surface area (Å²) in [6.45, 7) is 9.13. The summed E-state index contributed by atoms with van der Waals surface area (Å²) < 4.78 is 0. The van der Waals surface area contributed by atoms with Crippen LogP contribution >= 0.6 is 0 Å². The van der Waals surface area contributed by atoms with E-state index in [-0.39, 0.29) is 23.6 Å². The zero-order valence-corrected chi connectivity index (χ0v) is 22.4. The maximum Gasteiger partial charge on any atom is 0.185 e. The minimum atomic E-state index is -0.422. The molecule has 36 heavy (non-hydrogen) atoms. The molecule has 0 aromatic carbocycles. The Morgan fingerprint density at radius 3 is 1.50 bits per heavy atom. The van der Waals surface area contributed by atoms with E-state index in [1.807, 2.05) is 0 Å². The third-order valence-corrected chi connectivity index (χ3v) is 6.59. The Balaban J connectivity index is 2.04. The lowest BCUT2D eigenvalue weighted by Crippen LogP contribution is -2.46. The first-order valence-electron chi connectivity index (χ1n) is 13.5. The number of nitrogens with zero attached hydrogens (tertiary/aromatic N) is 4. The first-order chi connectivity index (χ1) is 17.2. The van der Waals surface area contributed by atoms with Gasteiger partial charge in [-0.3, -0.25) is 19.6 Å². The van der Waals surface area contributed by atoms with E-state index in [1.54, 1.807) is 6.92 Å². The van der Waals surface area contributed by atoms with Crippen molar-refractivity contribution in [3.63, 3.8) is 0 Å². The van der Waals surface area contributed by atoms with Gasteiger partial charge in [0.25, 0.3) is 0 Å². The highest BCUT2D eigenvalue weighted by Crippen LogP contribution is 2.09. The van der Waals surface area contributed by atoms with Gasteiger partial charge in [-0.05, 0) is 71.4 Å². The smallest absolute Gasteiger partial charge is 0.185 e. The number of guanidine groups is 1. The predicted molar refractivity (Wildman–Crippen MR) is 148 cm³/mol. The third-order valence-electron chi connectivity index (χ3n) is 6.59. The predicted octanol–water partition coefficient (Wildman–Crippen LogP) is -0.0517. The lowest BCUT2D eigenvalue weighted by Gasteiger charge is -2.34. The Hall–Kier alpha value is -2.08. The first kappa shape index (κ1) is 31.9. The molecule has 1 rings (SSSR count). The molecule has 0 aromatic rings.